The molecule has 0 saturated carbocycles. The molecule has 1 aromatic rings. The Morgan fingerprint density at radius 1 is 1.47 bits per heavy atom. The summed E-state index contributed by atoms with van der Waals surface area (Å²) in [6, 6.07) is 8.06. The van der Waals surface area contributed by atoms with Gasteiger partial charge in [-0.05, 0) is 44.9 Å². The lowest BCUT2D eigenvalue weighted by Gasteiger charge is -2.29. The van der Waals surface area contributed by atoms with E-state index in [4.69, 9.17) is 4.74 Å². The second-order valence-electron chi connectivity index (χ2n) is 5.10. The van der Waals surface area contributed by atoms with Crippen molar-refractivity contribution < 1.29 is 9.53 Å². The minimum absolute atomic E-state index is 0.0907. The number of carbonyl (C=O) groups is 1. The fourth-order valence-electron chi connectivity index (χ4n) is 2.32. The van der Waals surface area contributed by atoms with Gasteiger partial charge in [-0.1, -0.05) is 18.2 Å². The van der Waals surface area contributed by atoms with Gasteiger partial charge in [-0.3, -0.25) is 4.79 Å². The zero-order valence-electron chi connectivity index (χ0n) is 11.6. The molecule has 1 aliphatic rings. The Kier molecular flexibility index (Phi) is 4.93. The Labute approximate surface area is 114 Å². The SMILES string of the molecule is Cc1ccccc1NC(=O)COC1CCCNC1C. The number of ether oxygens (including phenoxy) is 1. The van der Waals surface area contributed by atoms with Crippen molar-refractivity contribution in [2.24, 2.45) is 0 Å². The number of rotatable bonds is 4. The topological polar surface area (TPSA) is 50.4 Å². The lowest BCUT2D eigenvalue weighted by atomic mass is 10.0. The van der Waals surface area contributed by atoms with Crippen LogP contribution in [-0.2, 0) is 9.53 Å². The predicted octanol–water partition coefficient (Wildman–Crippen LogP) is 2.09. The summed E-state index contributed by atoms with van der Waals surface area (Å²) in [7, 11) is 0. The molecule has 19 heavy (non-hydrogen) atoms. The molecule has 2 unspecified atom stereocenters. The molecule has 1 aromatic carbocycles. The third-order valence-corrected chi connectivity index (χ3v) is 3.54. The summed E-state index contributed by atoms with van der Waals surface area (Å²) in [5.41, 5.74) is 1.91. The van der Waals surface area contributed by atoms with E-state index in [1.54, 1.807) is 0 Å². The van der Waals surface area contributed by atoms with Crippen LogP contribution < -0.4 is 10.6 Å². The number of nitrogens with one attached hydrogen (secondary N) is 2. The Hall–Kier alpha value is -1.39. The summed E-state index contributed by atoms with van der Waals surface area (Å²) in [4.78, 5) is 11.9. The number of aryl methyl sites for hydroxylation is 1. The van der Waals surface area contributed by atoms with Crippen molar-refractivity contribution in [2.45, 2.75) is 38.8 Å². The molecule has 4 heteroatoms. The van der Waals surface area contributed by atoms with Gasteiger partial charge in [0.15, 0.2) is 0 Å². The molecule has 0 bridgehead atoms. The summed E-state index contributed by atoms with van der Waals surface area (Å²) in [5.74, 6) is -0.0907. The minimum atomic E-state index is -0.0907. The van der Waals surface area contributed by atoms with Crippen LogP contribution in [0.3, 0.4) is 0 Å². The van der Waals surface area contributed by atoms with Crippen molar-refractivity contribution in [1.82, 2.24) is 5.32 Å². The number of amides is 1. The predicted molar refractivity (Wildman–Crippen MR) is 76.2 cm³/mol. The summed E-state index contributed by atoms with van der Waals surface area (Å²) in [6.07, 6.45) is 2.26. The van der Waals surface area contributed by atoms with E-state index >= 15 is 0 Å². The van der Waals surface area contributed by atoms with Gasteiger partial charge in [0.2, 0.25) is 5.91 Å². The molecule has 1 fully saturated rings. The van der Waals surface area contributed by atoms with Crippen molar-refractivity contribution in [3.8, 4) is 0 Å². The maximum absolute atomic E-state index is 11.9. The maximum Gasteiger partial charge on any atom is 0.250 e. The first-order valence-electron chi connectivity index (χ1n) is 6.87. The first kappa shape index (κ1) is 14.0. The normalized spacial score (nSPS) is 23.1. The number of anilines is 1. The molecule has 1 aliphatic heterocycles. The molecular formula is C15H22N2O2. The van der Waals surface area contributed by atoms with Gasteiger partial charge < -0.3 is 15.4 Å². The molecule has 4 nitrogen and oxygen atoms in total. The van der Waals surface area contributed by atoms with Crippen LogP contribution in [0, 0.1) is 6.92 Å². The highest BCUT2D eigenvalue weighted by Gasteiger charge is 2.22. The van der Waals surface area contributed by atoms with Gasteiger partial charge in [0.25, 0.3) is 0 Å². The summed E-state index contributed by atoms with van der Waals surface area (Å²) in [6.45, 7) is 5.23. The van der Waals surface area contributed by atoms with Crippen molar-refractivity contribution in [1.29, 1.82) is 0 Å². The standard InChI is InChI=1S/C15H22N2O2/c1-11-6-3-4-7-13(11)17-15(18)10-19-14-8-5-9-16-12(14)2/h3-4,6-7,12,14,16H,5,8-10H2,1-2H3,(H,17,18). The van der Waals surface area contributed by atoms with E-state index in [1.165, 1.54) is 0 Å². The van der Waals surface area contributed by atoms with Crippen LogP contribution >= 0.6 is 0 Å². The molecule has 0 aromatic heterocycles. The van der Waals surface area contributed by atoms with Gasteiger partial charge in [0, 0.05) is 11.7 Å². The van der Waals surface area contributed by atoms with Gasteiger partial charge in [0.05, 0.1) is 6.10 Å². The third-order valence-electron chi connectivity index (χ3n) is 3.54. The number of benzene rings is 1. The van der Waals surface area contributed by atoms with E-state index in [1.807, 2.05) is 31.2 Å². The Bertz CT molecular complexity index is 434. The highest BCUT2D eigenvalue weighted by Crippen LogP contribution is 2.14. The Morgan fingerprint density at radius 2 is 2.26 bits per heavy atom. The van der Waals surface area contributed by atoms with E-state index in [0.717, 1.165) is 30.6 Å². The van der Waals surface area contributed by atoms with Crippen molar-refractivity contribution >= 4 is 11.6 Å². The van der Waals surface area contributed by atoms with E-state index in [-0.39, 0.29) is 18.6 Å². The molecule has 2 rings (SSSR count). The zero-order chi connectivity index (χ0) is 13.7. The van der Waals surface area contributed by atoms with Crippen LogP contribution in [0.4, 0.5) is 5.69 Å². The number of piperidine rings is 1. The highest BCUT2D eigenvalue weighted by molar-refractivity contribution is 5.92. The maximum atomic E-state index is 11.9. The second kappa shape index (κ2) is 6.68. The quantitative estimate of drug-likeness (QED) is 0.873. The number of carbonyl (C=O) groups excluding carboxylic acids is 1. The van der Waals surface area contributed by atoms with Crippen molar-refractivity contribution in [2.75, 3.05) is 18.5 Å². The smallest absolute Gasteiger partial charge is 0.250 e. The molecule has 1 heterocycles. The third kappa shape index (κ3) is 4.04. The number of para-hydroxylation sites is 1. The summed E-state index contributed by atoms with van der Waals surface area (Å²) < 4.78 is 5.69. The molecule has 104 valence electrons. The summed E-state index contributed by atoms with van der Waals surface area (Å²) in [5, 5.41) is 6.24. The van der Waals surface area contributed by atoms with E-state index < -0.39 is 0 Å². The number of hydrogen-bond donors (Lipinski definition) is 2. The van der Waals surface area contributed by atoms with Gasteiger partial charge >= 0.3 is 0 Å². The van der Waals surface area contributed by atoms with Crippen molar-refractivity contribution in [3.05, 3.63) is 29.8 Å². The molecule has 2 atom stereocenters. The van der Waals surface area contributed by atoms with Crippen molar-refractivity contribution in [3.63, 3.8) is 0 Å². The fourth-order valence-corrected chi connectivity index (χ4v) is 2.32. The average Bonchev–Trinajstić information content (AvgIpc) is 2.40. The minimum Gasteiger partial charge on any atom is -0.367 e. The molecule has 2 N–H and O–H groups in total. The van der Waals surface area contributed by atoms with Gasteiger partial charge in [-0.2, -0.15) is 0 Å². The molecule has 1 amide bonds. The largest absolute Gasteiger partial charge is 0.367 e. The summed E-state index contributed by atoms with van der Waals surface area (Å²) >= 11 is 0. The molecule has 0 aliphatic carbocycles. The monoisotopic (exact) mass is 262 g/mol. The lowest BCUT2D eigenvalue weighted by molar-refractivity contribution is -0.123. The lowest BCUT2D eigenvalue weighted by Crippen LogP contribution is -2.44. The van der Waals surface area contributed by atoms with Gasteiger partial charge in [0.1, 0.15) is 6.61 Å². The van der Waals surface area contributed by atoms with Gasteiger partial charge in [-0.15, -0.1) is 0 Å². The van der Waals surface area contributed by atoms with E-state index in [2.05, 4.69) is 17.6 Å². The van der Waals surface area contributed by atoms with E-state index in [9.17, 15) is 4.79 Å². The highest BCUT2D eigenvalue weighted by atomic mass is 16.5. The molecular weight excluding hydrogens is 240 g/mol. The van der Waals surface area contributed by atoms with Gasteiger partial charge in [-0.25, -0.2) is 0 Å². The first-order chi connectivity index (χ1) is 9.16. The molecule has 0 spiro atoms. The van der Waals surface area contributed by atoms with Crippen LogP contribution in [0.25, 0.3) is 0 Å². The van der Waals surface area contributed by atoms with Crippen LogP contribution in [0.2, 0.25) is 0 Å². The first-order valence-corrected chi connectivity index (χ1v) is 6.87. The van der Waals surface area contributed by atoms with Crippen LogP contribution in [0.15, 0.2) is 24.3 Å². The average molecular weight is 262 g/mol. The second-order valence-corrected chi connectivity index (χ2v) is 5.10. The molecule has 0 radical (unpaired) electrons. The van der Waals surface area contributed by atoms with Crippen LogP contribution in [0.1, 0.15) is 25.3 Å². The molecule has 1 saturated heterocycles. The fraction of sp³-hybridized carbons (Fsp3) is 0.533. The van der Waals surface area contributed by atoms with Crippen LogP contribution in [-0.4, -0.2) is 31.2 Å². The Morgan fingerprint density at radius 3 is 3.00 bits per heavy atom. The number of hydrogen-bond acceptors (Lipinski definition) is 3. The zero-order valence-corrected chi connectivity index (χ0v) is 11.6. The van der Waals surface area contributed by atoms with E-state index in [0.29, 0.717) is 6.04 Å². The van der Waals surface area contributed by atoms with Crippen LogP contribution in [0.5, 0.6) is 0 Å². The Balaban J connectivity index is 1.80.